The van der Waals surface area contributed by atoms with Crippen molar-refractivity contribution in [3.63, 3.8) is 0 Å². The highest BCUT2D eigenvalue weighted by Gasteiger charge is 2.34. The van der Waals surface area contributed by atoms with E-state index < -0.39 is 9.85 Å². The van der Waals surface area contributed by atoms with Crippen molar-refractivity contribution in [1.82, 2.24) is 14.2 Å². The largest absolute Gasteiger partial charge is 0.327 e. The molecule has 1 aromatic heterocycles. The molecule has 1 fully saturated rings. The molecule has 214 valence electrons. The summed E-state index contributed by atoms with van der Waals surface area (Å²) >= 11 is 1.21. The lowest BCUT2D eigenvalue weighted by Gasteiger charge is -2.42. The second kappa shape index (κ2) is 13.8. The summed E-state index contributed by atoms with van der Waals surface area (Å²) in [4.78, 5) is 41.1. The number of urea groups is 1. The number of unbranched alkanes of at least 4 members (excludes halogenated alkanes) is 2. The second-order valence-corrected chi connectivity index (χ2v) is 10.5. The molecule has 0 saturated carbocycles. The number of nitro groups is 2. The van der Waals surface area contributed by atoms with Crippen molar-refractivity contribution in [3.05, 3.63) is 105 Å². The Hall–Kier alpha value is -4.42. The van der Waals surface area contributed by atoms with Crippen molar-refractivity contribution in [2.24, 2.45) is 0 Å². The highest BCUT2D eigenvalue weighted by Crippen LogP contribution is 2.40. The van der Waals surface area contributed by atoms with Crippen LogP contribution in [0.5, 0.6) is 0 Å². The maximum Gasteiger partial charge on any atom is 0.327 e. The zero-order valence-corrected chi connectivity index (χ0v) is 23.5. The van der Waals surface area contributed by atoms with Crippen molar-refractivity contribution >= 4 is 33.9 Å². The van der Waals surface area contributed by atoms with E-state index >= 15 is 0 Å². The smallest absolute Gasteiger partial charge is 0.311 e. The van der Waals surface area contributed by atoms with Crippen molar-refractivity contribution < 1.29 is 14.6 Å². The van der Waals surface area contributed by atoms with Crippen LogP contribution in [0.3, 0.4) is 0 Å². The number of aromatic nitrogens is 1. The Morgan fingerprint density at radius 1 is 0.878 bits per heavy atom. The van der Waals surface area contributed by atoms with E-state index in [1.54, 1.807) is 29.2 Å². The predicted molar refractivity (Wildman–Crippen MR) is 160 cm³/mol. The first-order valence-corrected chi connectivity index (χ1v) is 14.1. The third-order valence-electron chi connectivity index (χ3n) is 6.81. The Kier molecular flexibility index (Phi) is 9.93. The molecular formula is C29H32N6O5S. The SMILES string of the molecule is C=CCCCN1CN(CCCC=C)C(=O)N(c2snc(Cc3ccc([N+](=O)[O-])cc3)c2-c2ccc([N+](=O)[O-])cc2)C1. The van der Waals surface area contributed by atoms with Crippen LogP contribution >= 0.6 is 11.5 Å². The second-order valence-electron chi connectivity index (χ2n) is 9.73. The number of hydrogen-bond acceptors (Lipinski definition) is 8. The fourth-order valence-electron chi connectivity index (χ4n) is 4.71. The number of benzene rings is 2. The Morgan fingerprint density at radius 2 is 1.46 bits per heavy atom. The number of nitro benzene ring substituents is 2. The lowest BCUT2D eigenvalue weighted by atomic mass is 10.00. The zero-order valence-electron chi connectivity index (χ0n) is 22.7. The summed E-state index contributed by atoms with van der Waals surface area (Å²) < 4.78 is 4.73. The molecule has 3 aromatic rings. The maximum atomic E-state index is 13.8. The van der Waals surface area contributed by atoms with Gasteiger partial charge >= 0.3 is 6.03 Å². The van der Waals surface area contributed by atoms with Gasteiger partial charge in [-0.05, 0) is 60.5 Å². The van der Waals surface area contributed by atoms with E-state index in [4.69, 9.17) is 4.37 Å². The van der Waals surface area contributed by atoms with Gasteiger partial charge in [0, 0.05) is 49.3 Å². The normalized spacial score (nSPS) is 13.8. The number of anilines is 1. The lowest BCUT2D eigenvalue weighted by molar-refractivity contribution is -0.385. The van der Waals surface area contributed by atoms with Crippen molar-refractivity contribution in [1.29, 1.82) is 0 Å². The van der Waals surface area contributed by atoms with Gasteiger partial charge in [0.2, 0.25) is 0 Å². The number of nitrogens with zero attached hydrogens (tertiary/aromatic N) is 6. The summed E-state index contributed by atoms with van der Waals surface area (Å²) in [6.07, 6.45) is 7.48. The predicted octanol–water partition coefficient (Wildman–Crippen LogP) is 6.61. The maximum absolute atomic E-state index is 13.8. The molecule has 0 N–H and O–H groups in total. The van der Waals surface area contributed by atoms with Gasteiger partial charge in [0.1, 0.15) is 5.00 Å². The van der Waals surface area contributed by atoms with Gasteiger partial charge in [-0.15, -0.1) is 13.2 Å². The first-order valence-electron chi connectivity index (χ1n) is 13.3. The molecule has 1 saturated heterocycles. The van der Waals surface area contributed by atoms with Gasteiger partial charge in [0.05, 0.1) is 28.9 Å². The number of hydrogen-bond donors (Lipinski definition) is 0. The molecule has 2 amide bonds. The van der Waals surface area contributed by atoms with E-state index in [2.05, 4.69) is 18.1 Å². The zero-order chi connectivity index (χ0) is 29.4. The van der Waals surface area contributed by atoms with Crippen LogP contribution in [0, 0.1) is 20.2 Å². The quantitative estimate of drug-likeness (QED) is 0.0915. The average molecular weight is 577 g/mol. The summed E-state index contributed by atoms with van der Waals surface area (Å²) in [6, 6.07) is 12.4. The molecule has 0 atom stereocenters. The first-order chi connectivity index (χ1) is 19.8. The highest BCUT2D eigenvalue weighted by molar-refractivity contribution is 7.11. The van der Waals surface area contributed by atoms with Crippen LogP contribution in [0.1, 0.15) is 36.9 Å². The molecule has 1 aliphatic heterocycles. The molecule has 12 heteroatoms. The van der Waals surface area contributed by atoms with Gasteiger partial charge in [0.15, 0.2) is 0 Å². The van der Waals surface area contributed by atoms with Crippen LogP contribution in [-0.4, -0.2) is 56.5 Å². The summed E-state index contributed by atoms with van der Waals surface area (Å²) in [5.74, 6) is 0. The van der Waals surface area contributed by atoms with E-state index in [0.717, 1.165) is 43.4 Å². The topological polar surface area (TPSA) is 126 Å². The van der Waals surface area contributed by atoms with Crippen LogP contribution < -0.4 is 4.90 Å². The Labute approximate surface area is 242 Å². The number of carbonyl (C=O) groups is 1. The van der Waals surface area contributed by atoms with Gasteiger partial charge in [-0.1, -0.05) is 24.3 Å². The molecule has 4 rings (SSSR count). The number of non-ortho nitro benzene ring substituents is 2. The van der Waals surface area contributed by atoms with Gasteiger partial charge in [0.25, 0.3) is 11.4 Å². The minimum absolute atomic E-state index is 0.00434. The molecule has 2 heterocycles. The molecule has 0 aliphatic carbocycles. The van der Waals surface area contributed by atoms with Crippen LogP contribution in [0.4, 0.5) is 21.2 Å². The van der Waals surface area contributed by atoms with Gasteiger partial charge < -0.3 is 4.90 Å². The van der Waals surface area contributed by atoms with Crippen molar-refractivity contribution in [2.75, 3.05) is 31.3 Å². The third kappa shape index (κ3) is 7.21. The van der Waals surface area contributed by atoms with Crippen LogP contribution in [0.25, 0.3) is 11.1 Å². The van der Waals surface area contributed by atoms with E-state index in [1.807, 2.05) is 17.1 Å². The van der Waals surface area contributed by atoms with Crippen LogP contribution in [0.15, 0.2) is 73.8 Å². The summed E-state index contributed by atoms with van der Waals surface area (Å²) in [5, 5.41) is 23.1. The van der Waals surface area contributed by atoms with Crippen molar-refractivity contribution in [3.8, 4) is 11.1 Å². The number of rotatable bonds is 14. The minimum Gasteiger partial charge on any atom is -0.311 e. The van der Waals surface area contributed by atoms with E-state index in [0.29, 0.717) is 42.6 Å². The summed E-state index contributed by atoms with van der Waals surface area (Å²) in [6.45, 7) is 9.87. The number of allylic oxidation sites excluding steroid dienone is 2. The summed E-state index contributed by atoms with van der Waals surface area (Å²) in [5.41, 5.74) is 2.88. The molecule has 0 unspecified atom stereocenters. The minimum atomic E-state index is -0.454. The van der Waals surface area contributed by atoms with Gasteiger partial charge in [-0.25, -0.2) is 4.79 Å². The monoisotopic (exact) mass is 576 g/mol. The molecule has 11 nitrogen and oxygen atoms in total. The highest BCUT2D eigenvalue weighted by atomic mass is 32.1. The van der Waals surface area contributed by atoms with E-state index in [1.165, 1.54) is 35.8 Å². The summed E-state index contributed by atoms with van der Waals surface area (Å²) in [7, 11) is 0. The molecule has 0 bridgehead atoms. The van der Waals surface area contributed by atoms with E-state index in [-0.39, 0.29) is 17.4 Å². The molecule has 0 spiro atoms. The molecule has 41 heavy (non-hydrogen) atoms. The molecular weight excluding hydrogens is 544 g/mol. The van der Waals surface area contributed by atoms with Gasteiger partial charge in [-0.3, -0.25) is 30.0 Å². The standard InChI is InChI=1S/C29H32N6O5S/c1-3-5-7-17-31-20-32(18-8-6-4-2)29(36)33(21-31)28-27(23-11-15-25(16-12-23)35(39)40)26(30-41-28)19-22-9-13-24(14-10-22)34(37)38/h3-4,9-16H,1-2,5-8,17-21H2. The molecule has 2 aromatic carbocycles. The number of amides is 2. The van der Waals surface area contributed by atoms with Crippen molar-refractivity contribution in [2.45, 2.75) is 32.1 Å². The fraction of sp³-hybridized carbons (Fsp3) is 0.310. The third-order valence-corrected chi connectivity index (χ3v) is 7.72. The molecule has 0 radical (unpaired) electrons. The van der Waals surface area contributed by atoms with Crippen LogP contribution in [-0.2, 0) is 6.42 Å². The molecule has 1 aliphatic rings. The van der Waals surface area contributed by atoms with Crippen LogP contribution in [0.2, 0.25) is 0 Å². The lowest BCUT2D eigenvalue weighted by Crippen LogP contribution is -2.58. The fourth-order valence-corrected chi connectivity index (χ4v) is 5.62. The van der Waals surface area contributed by atoms with Gasteiger partial charge in [-0.2, -0.15) is 4.37 Å². The first kappa shape index (κ1) is 29.6. The Balaban J connectivity index is 1.73. The average Bonchev–Trinajstić information content (AvgIpc) is 3.38. The van der Waals surface area contributed by atoms with E-state index in [9.17, 15) is 25.0 Å². The number of carbonyl (C=O) groups excluding carboxylic acids is 1. The Bertz CT molecular complexity index is 1410. The Morgan fingerprint density at radius 3 is 2.05 bits per heavy atom.